The van der Waals surface area contributed by atoms with Gasteiger partial charge >= 0.3 is 0 Å². The Morgan fingerprint density at radius 3 is 2.31 bits per heavy atom. The molecule has 0 fully saturated rings. The summed E-state index contributed by atoms with van der Waals surface area (Å²) in [5, 5.41) is 0. The quantitative estimate of drug-likeness (QED) is 0.676. The zero-order valence-electron chi connectivity index (χ0n) is 10.9. The van der Waals surface area contributed by atoms with Crippen molar-refractivity contribution in [2.24, 2.45) is 22.6 Å². The number of nitrogens with two attached hydrogens (primary N) is 1. The Bertz CT molecular complexity index is 269. The molecule has 2 N–H and O–H groups in total. The van der Waals surface area contributed by atoms with Crippen LogP contribution in [0.25, 0.3) is 0 Å². The third-order valence-corrected chi connectivity index (χ3v) is 2.95. The van der Waals surface area contributed by atoms with Gasteiger partial charge in [0.15, 0.2) is 0 Å². The van der Waals surface area contributed by atoms with Gasteiger partial charge in [0.1, 0.15) is 5.78 Å². The van der Waals surface area contributed by atoms with Gasteiger partial charge in [0.25, 0.3) is 0 Å². The van der Waals surface area contributed by atoms with Crippen molar-refractivity contribution in [2.45, 2.75) is 46.6 Å². The number of hydrogen-bond donors (Lipinski definition) is 1. The predicted molar refractivity (Wildman–Crippen MR) is 69.5 cm³/mol. The second kappa shape index (κ2) is 7.34. The van der Waals surface area contributed by atoms with E-state index in [4.69, 9.17) is 5.73 Å². The van der Waals surface area contributed by atoms with Gasteiger partial charge in [0.2, 0.25) is 0 Å². The summed E-state index contributed by atoms with van der Waals surface area (Å²) in [6, 6.07) is -0.432. The lowest BCUT2D eigenvalue weighted by atomic mass is 9.90. The van der Waals surface area contributed by atoms with Crippen molar-refractivity contribution in [3.05, 3.63) is 12.8 Å². The molecule has 2 atom stereocenters. The Kier molecular flexibility index (Phi) is 6.90. The molecule has 0 saturated carbocycles. The molecule has 0 spiro atoms. The van der Waals surface area contributed by atoms with Crippen molar-refractivity contribution in [3.63, 3.8) is 0 Å². The van der Waals surface area contributed by atoms with Crippen LogP contribution >= 0.6 is 0 Å². The summed E-state index contributed by atoms with van der Waals surface area (Å²) >= 11 is 0. The van der Waals surface area contributed by atoms with Crippen LogP contribution in [0.5, 0.6) is 0 Å². The number of Topliss-reactive ketones (excluding diaryl/α,β-unsaturated/α-hetero) is 1. The van der Waals surface area contributed by atoms with Crippen LogP contribution in [0, 0.1) is 11.8 Å². The summed E-state index contributed by atoms with van der Waals surface area (Å²) in [6.07, 6.45) is 2.94. The molecule has 1 unspecified atom stereocenters. The molecule has 0 amide bonds. The first-order valence-corrected chi connectivity index (χ1v) is 5.81. The van der Waals surface area contributed by atoms with Crippen molar-refractivity contribution in [1.82, 2.24) is 0 Å². The predicted octanol–water partition coefficient (Wildman–Crippen LogP) is 2.56. The van der Waals surface area contributed by atoms with Crippen LogP contribution in [-0.2, 0) is 4.79 Å². The Hall–Kier alpha value is -0.960. The lowest BCUT2D eigenvalue weighted by molar-refractivity contribution is -0.118. The molecule has 0 radical (unpaired) electrons. The minimum atomic E-state index is -0.432. The standard InChI is InChI=1S/C13H24N2O/c1-6-15-12(7-10(4)9(2)3)8-13(14)11(5)16/h6,9-10,13H,1,7-8,14H2,2-5H3/b15-12+/t10-,13?/m1/s1. The molecule has 0 aromatic carbocycles. The zero-order chi connectivity index (χ0) is 12.7. The first kappa shape index (κ1) is 15.0. The number of ketones is 1. The van der Waals surface area contributed by atoms with Crippen LogP contribution in [-0.4, -0.2) is 17.5 Å². The van der Waals surface area contributed by atoms with Gasteiger partial charge in [-0.1, -0.05) is 27.4 Å². The highest BCUT2D eigenvalue weighted by atomic mass is 16.1. The zero-order valence-corrected chi connectivity index (χ0v) is 10.9. The number of aliphatic imine (C=N–C) groups is 1. The molecule has 0 aliphatic rings. The second-order valence-electron chi connectivity index (χ2n) is 4.72. The van der Waals surface area contributed by atoms with Gasteiger partial charge in [-0.2, -0.15) is 0 Å². The van der Waals surface area contributed by atoms with Crippen molar-refractivity contribution < 1.29 is 4.79 Å². The fraction of sp³-hybridized carbons (Fsp3) is 0.692. The van der Waals surface area contributed by atoms with E-state index < -0.39 is 6.04 Å². The average molecular weight is 224 g/mol. The van der Waals surface area contributed by atoms with Crippen molar-refractivity contribution in [2.75, 3.05) is 0 Å². The highest BCUT2D eigenvalue weighted by molar-refractivity contribution is 5.92. The number of nitrogens with zero attached hydrogens (tertiary/aromatic N) is 1. The first-order valence-electron chi connectivity index (χ1n) is 5.81. The lowest BCUT2D eigenvalue weighted by Gasteiger charge is -2.18. The molecule has 0 aromatic heterocycles. The number of carbonyl (C=O) groups is 1. The molecule has 0 saturated heterocycles. The molecular formula is C13H24N2O. The molecule has 16 heavy (non-hydrogen) atoms. The molecule has 0 aromatic rings. The van der Waals surface area contributed by atoms with E-state index in [1.807, 2.05) is 0 Å². The van der Waals surface area contributed by atoms with E-state index in [1.165, 1.54) is 13.1 Å². The molecule has 0 bridgehead atoms. The summed E-state index contributed by atoms with van der Waals surface area (Å²) in [5.41, 5.74) is 6.71. The van der Waals surface area contributed by atoms with Gasteiger partial charge in [-0.15, -0.1) is 0 Å². The summed E-state index contributed by atoms with van der Waals surface area (Å²) in [7, 11) is 0. The summed E-state index contributed by atoms with van der Waals surface area (Å²) in [5.74, 6) is 1.15. The Labute approximate surface area is 98.8 Å². The summed E-state index contributed by atoms with van der Waals surface area (Å²) in [4.78, 5) is 15.3. The van der Waals surface area contributed by atoms with E-state index in [1.54, 1.807) is 0 Å². The average Bonchev–Trinajstić information content (AvgIpc) is 2.17. The van der Waals surface area contributed by atoms with E-state index >= 15 is 0 Å². The van der Waals surface area contributed by atoms with Crippen molar-refractivity contribution >= 4 is 11.5 Å². The summed E-state index contributed by atoms with van der Waals surface area (Å²) < 4.78 is 0. The largest absolute Gasteiger partial charge is 0.321 e. The number of carbonyl (C=O) groups excluding carboxylic acids is 1. The van der Waals surface area contributed by atoms with Crippen LogP contribution in [0.2, 0.25) is 0 Å². The van der Waals surface area contributed by atoms with E-state index in [2.05, 4.69) is 32.3 Å². The van der Waals surface area contributed by atoms with Gasteiger partial charge in [-0.3, -0.25) is 9.79 Å². The molecule has 0 heterocycles. The second-order valence-corrected chi connectivity index (χ2v) is 4.72. The molecule has 0 rings (SSSR count). The van der Waals surface area contributed by atoms with Crippen LogP contribution in [0.15, 0.2) is 17.8 Å². The molecule has 3 nitrogen and oxygen atoms in total. The van der Waals surface area contributed by atoms with Crippen LogP contribution in [0.4, 0.5) is 0 Å². The minimum Gasteiger partial charge on any atom is -0.321 e. The van der Waals surface area contributed by atoms with E-state index in [-0.39, 0.29) is 5.78 Å². The van der Waals surface area contributed by atoms with Crippen LogP contribution < -0.4 is 5.73 Å². The smallest absolute Gasteiger partial charge is 0.146 e. The third kappa shape index (κ3) is 5.81. The highest BCUT2D eigenvalue weighted by Crippen LogP contribution is 2.16. The Balaban J connectivity index is 4.46. The van der Waals surface area contributed by atoms with Gasteiger partial charge in [-0.25, -0.2) is 0 Å². The maximum absolute atomic E-state index is 11.1. The topological polar surface area (TPSA) is 55.4 Å². The van der Waals surface area contributed by atoms with Gasteiger partial charge in [0.05, 0.1) is 6.04 Å². The maximum atomic E-state index is 11.1. The Morgan fingerprint density at radius 2 is 1.94 bits per heavy atom. The minimum absolute atomic E-state index is 0.00830. The Morgan fingerprint density at radius 1 is 1.38 bits per heavy atom. The van der Waals surface area contributed by atoms with Crippen LogP contribution in [0.1, 0.15) is 40.5 Å². The SMILES string of the molecule is C=C/N=C(/CC(N)C(C)=O)C[C@@H](C)C(C)C. The van der Waals surface area contributed by atoms with Crippen molar-refractivity contribution in [3.8, 4) is 0 Å². The normalized spacial score (nSPS) is 16.0. The maximum Gasteiger partial charge on any atom is 0.146 e. The monoisotopic (exact) mass is 224 g/mol. The van der Waals surface area contributed by atoms with Crippen molar-refractivity contribution in [1.29, 1.82) is 0 Å². The van der Waals surface area contributed by atoms with E-state index in [9.17, 15) is 4.79 Å². The highest BCUT2D eigenvalue weighted by Gasteiger charge is 2.15. The fourth-order valence-electron chi connectivity index (χ4n) is 1.32. The lowest BCUT2D eigenvalue weighted by Crippen LogP contribution is -2.31. The number of hydrogen-bond acceptors (Lipinski definition) is 3. The first-order chi connectivity index (χ1) is 7.38. The van der Waals surface area contributed by atoms with E-state index in [0.717, 1.165) is 12.1 Å². The number of rotatable bonds is 7. The van der Waals surface area contributed by atoms with Gasteiger partial charge < -0.3 is 5.73 Å². The molecule has 3 heteroatoms. The molecule has 0 aliphatic heterocycles. The van der Waals surface area contributed by atoms with E-state index in [0.29, 0.717) is 18.3 Å². The fourth-order valence-corrected chi connectivity index (χ4v) is 1.32. The van der Waals surface area contributed by atoms with Gasteiger partial charge in [-0.05, 0) is 25.2 Å². The molecule has 92 valence electrons. The third-order valence-electron chi connectivity index (χ3n) is 2.95. The van der Waals surface area contributed by atoms with Gasteiger partial charge in [0, 0.05) is 18.3 Å². The summed E-state index contributed by atoms with van der Waals surface area (Å²) in [6.45, 7) is 11.7. The molecular weight excluding hydrogens is 200 g/mol. The molecule has 0 aliphatic carbocycles. The van der Waals surface area contributed by atoms with Crippen LogP contribution in [0.3, 0.4) is 0 Å².